The van der Waals surface area contributed by atoms with Crippen LogP contribution in [-0.2, 0) is 9.53 Å². The maximum atomic E-state index is 12.3. The van der Waals surface area contributed by atoms with E-state index < -0.39 is 6.10 Å². The number of carbonyl (C=O) groups excluding carboxylic acids is 1. The van der Waals surface area contributed by atoms with E-state index in [0.29, 0.717) is 24.7 Å². The average molecular weight is 370 g/mol. The lowest BCUT2D eigenvalue weighted by Gasteiger charge is -2.13. The minimum atomic E-state index is -0.716. The van der Waals surface area contributed by atoms with Crippen molar-refractivity contribution in [2.75, 3.05) is 20.3 Å². The van der Waals surface area contributed by atoms with Crippen molar-refractivity contribution in [3.63, 3.8) is 0 Å². The smallest absolute Gasteiger partial charge is 0.273 e. The van der Waals surface area contributed by atoms with E-state index in [1.165, 1.54) is 7.11 Å². The van der Waals surface area contributed by atoms with Gasteiger partial charge < -0.3 is 14.2 Å². The molecule has 0 heterocycles. The average Bonchev–Trinajstić information content (AvgIpc) is 2.69. The van der Waals surface area contributed by atoms with Crippen molar-refractivity contribution in [3.8, 4) is 11.5 Å². The molecule has 0 aliphatic rings. The number of amides is 1. The fourth-order valence-corrected chi connectivity index (χ4v) is 2.46. The number of methoxy groups -OCH3 is 1. The molecule has 0 radical (unpaired) electrons. The van der Waals surface area contributed by atoms with E-state index in [1.54, 1.807) is 6.21 Å². The lowest BCUT2D eigenvalue weighted by molar-refractivity contribution is -0.131. The van der Waals surface area contributed by atoms with Crippen molar-refractivity contribution in [2.24, 2.45) is 5.10 Å². The molecule has 2 rings (SSSR count). The van der Waals surface area contributed by atoms with E-state index >= 15 is 0 Å². The predicted molar refractivity (Wildman–Crippen MR) is 105 cm³/mol. The second kappa shape index (κ2) is 11.0. The van der Waals surface area contributed by atoms with Crippen LogP contribution in [0.3, 0.4) is 0 Å². The Hall–Kier alpha value is -2.86. The van der Waals surface area contributed by atoms with Crippen LogP contribution >= 0.6 is 0 Å². The molecule has 1 amide bonds. The van der Waals surface area contributed by atoms with Crippen molar-refractivity contribution in [3.05, 3.63) is 59.7 Å². The third-order valence-electron chi connectivity index (χ3n) is 3.69. The van der Waals surface area contributed by atoms with Crippen LogP contribution in [-0.4, -0.2) is 32.4 Å². The van der Waals surface area contributed by atoms with Gasteiger partial charge in [0.15, 0.2) is 17.6 Å². The number of hydrazone groups is 1. The van der Waals surface area contributed by atoms with Gasteiger partial charge in [-0.05, 0) is 42.7 Å². The summed E-state index contributed by atoms with van der Waals surface area (Å²) in [5.41, 5.74) is 4.07. The molecule has 2 aromatic rings. The van der Waals surface area contributed by atoms with Gasteiger partial charge in [-0.3, -0.25) is 4.79 Å². The minimum Gasteiger partial charge on any atom is -0.490 e. The zero-order chi connectivity index (χ0) is 19.5. The van der Waals surface area contributed by atoms with Gasteiger partial charge in [-0.1, -0.05) is 37.3 Å². The van der Waals surface area contributed by atoms with E-state index in [0.717, 1.165) is 17.5 Å². The number of ether oxygens (including phenoxy) is 3. The minimum absolute atomic E-state index is 0.340. The number of hydrogen-bond acceptors (Lipinski definition) is 5. The van der Waals surface area contributed by atoms with E-state index in [1.807, 2.05) is 62.4 Å². The first-order chi connectivity index (χ1) is 13.2. The summed E-state index contributed by atoms with van der Waals surface area (Å²) in [4.78, 5) is 12.3. The Balaban J connectivity index is 2.04. The van der Waals surface area contributed by atoms with Crippen LogP contribution in [0.1, 0.15) is 37.5 Å². The molecule has 1 N–H and O–H groups in total. The van der Waals surface area contributed by atoms with Crippen LogP contribution in [0.5, 0.6) is 11.5 Å². The molecule has 0 bridgehead atoms. The highest BCUT2D eigenvalue weighted by Gasteiger charge is 2.19. The van der Waals surface area contributed by atoms with E-state index in [2.05, 4.69) is 10.5 Å². The van der Waals surface area contributed by atoms with Crippen LogP contribution in [0.2, 0.25) is 0 Å². The molecule has 2 aromatic carbocycles. The summed E-state index contributed by atoms with van der Waals surface area (Å²) in [6, 6.07) is 14.8. The van der Waals surface area contributed by atoms with Crippen molar-refractivity contribution in [2.45, 2.75) is 26.4 Å². The summed E-state index contributed by atoms with van der Waals surface area (Å²) in [7, 11) is 1.49. The molecule has 6 nitrogen and oxygen atoms in total. The SMILES string of the molecule is CCCOc1ccc(/C=N\NC(=O)[C@H](OC)c2ccccc2)cc1OCC. The molecule has 0 aliphatic carbocycles. The Morgan fingerprint density at radius 1 is 1.11 bits per heavy atom. The fourth-order valence-electron chi connectivity index (χ4n) is 2.46. The van der Waals surface area contributed by atoms with E-state index in [4.69, 9.17) is 14.2 Å². The summed E-state index contributed by atoms with van der Waals surface area (Å²) in [5, 5.41) is 4.03. The summed E-state index contributed by atoms with van der Waals surface area (Å²) in [5.74, 6) is 1.01. The number of carbonyl (C=O) groups is 1. The van der Waals surface area contributed by atoms with Gasteiger partial charge in [0, 0.05) is 7.11 Å². The molecule has 0 spiro atoms. The molecule has 0 saturated heterocycles. The monoisotopic (exact) mass is 370 g/mol. The number of benzene rings is 2. The molecular weight excluding hydrogens is 344 g/mol. The molecule has 1 atom stereocenters. The predicted octanol–water partition coefficient (Wildman–Crippen LogP) is 3.71. The summed E-state index contributed by atoms with van der Waals surface area (Å²) in [6.45, 7) is 5.12. The van der Waals surface area contributed by atoms with Crippen LogP contribution in [0.15, 0.2) is 53.6 Å². The van der Waals surface area contributed by atoms with Gasteiger partial charge in [0.1, 0.15) is 0 Å². The van der Waals surface area contributed by atoms with Crippen molar-refractivity contribution >= 4 is 12.1 Å². The third kappa shape index (κ3) is 6.11. The van der Waals surface area contributed by atoms with Gasteiger partial charge in [-0.25, -0.2) is 5.43 Å². The number of nitrogens with zero attached hydrogens (tertiary/aromatic N) is 1. The second-order valence-electron chi connectivity index (χ2n) is 5.75. The van der Waals surface area contributed by atoms with Crippen LogP contribution < -0.4 is 14.9 Å². The third-order valence-corrected chi connectivity index (χ3v) is 3.69. The van der Waals surface area contributed by atoms with Crippen LogP contribution in [0.4, 0.5) is 0 Å². The van der Waals surface area contributed by atoms with Gasteiger partial charge in [0.25, 0.3) is 5.91 Å². The van der Waals surface area contributed by atoms with Crippen LogP contribution in [0, 0.1) is 0 Å². The standard InChI is InChI=1S/C21H26N2O4/c1-4-13-27-18-12-11-16(14-19(18)26-5-2)15-22-23-21(24)20(25-3)17-9-7-6-8-10-17/h6-12,14-15,20H,4-5,13H2,1-3H3,(H,23,24)/b22-15-/t20-/m1/s1. The topological polar surface area (TPSA) is 69.2 Å². The van der Waals surface area contributed by atoms with Crippen molar-refractivity contribution in [1.82, 2.24) is 5.43 Å². The van der Waals surface area contributed by atoms with Crippen LogP contribution in [0.25, 0.3) is 0 Å². The number of hydrogen-bond donors (Lipinski definition) is 1. The fraction of sp³-hybridized carbons (Fsp3) is 0.333. The molecule has 0 saturated carbocycles. The zero-order valence-electron chi connectivity index (χ0n) is 16.0. The zero-order valence-corrected chi connectivity index (χ0v) is 16.0. The first-order valence-corrected chi connectivity index (χ1v) is 8.99. The second-order valence-corrected chi connectivity index (χ2v) is 5.75. The van der Waals surface area contributed by atoms with Crippen molar-refractivity contribution < 1.29 is 19.0 Å². The molecular formula is C21H26N2O4. The van der Waals surface area contributed by atoms with Gasteiger partial charge in [-0.2, -0.15) is 5.10 Å². The highest BCUT2D eigenvalue weighted by molar-refractivity contribution is 5.85. The first-order valence-electron chi connectivity index (χ1n) is 8.99. The highest BCUT2D eigenvalue weighted by Crippen LogP contribution is 2.28. The Morgan fingerprint density at radius 3 is 2.56 bits per heavy atom. The molecule has 0 fully saturated rings. The summed E-state index contributed by atoms with van der Waals surface area (Å²) in [6.07, 6.45) is 1.76. The highest BCUT2D eigenvalue weighted by atomic mass is 16.5. The van der Waals surface area contributed by atoms with Gasteiger partial charge in [0.05, 0.1) is 19.4 Å². The van der Waals surface area contributed by atoms with Gasteiger partial charge in [0.2, 0.25) is 0 Å². The largest absolute Gasteiger partial charge is 0.490 e. The maximum absolute atomic E-state index is 12.3. The van der Waals surface area contributed by atoms with E-state index in [9.17, 15) is 4.79 Å². The Bertz CT molecular complexity index is 747. The molecule has 0 unspecified atom stereocenters. The lowest BCUT2D eigenvalue weighted by Crippen LogP contribution is -2.26. The first kappa shape index (κ1) is 20.5. The summed E-state index contributed by atoms with van der Waals surface area (Å²) < 4.78 is 16.6. The Kier molecular flexibility index (Phi) is 8.32. The number of rotatable bonds is 10. The maximum Gasteiger partial charge on any atom is 0.273 e. The normalized spacial score (nSPS) is 12.0. The number of nitrogens with one attached hydrogen (secondary N) is 1. The molecule has 6 heteroatoms. The molecule has 0 aromatic heterocycles. The van der Waals surface area contributed by atoms with E-state index in [-0.39, 0.29) is 5.91 Å². The summed E-state index contributed by atoms with van der Waals surface area (Å²) >= 11 is 0. The molecule has 0 aliphatic heterocycles. The molecule has 144 valence electrons. The molecule has 27 heavy (non-hydrogen) atoms. The van der Waals surface area contributed by atoms with Gasteiger partial charge >= 0.3 is 0 Å². The van der Waals surface area contributed by atoms with Gasteiger partial charge in [-0.15, -0.1) is 0 Å². The lowest BCUT2D eigenvalue weighted by atomic mass is 10.1. The Morgan fingerprint density at radius 2 is 1.89 bits per heavy atom. The quantitative estimate of drug-likeness (QED) is 0.511. The van der Waals surface area contributed by atoms with Crippen molar-refractivity contribution in [1.29, 1.82) is 0 Å². The Labute approximate surface area is 160 Å².